The zero-order valence-corrected chi connectivity index (χ0v) is 32.7. The Morgan fingerprint density at radius 2 is 1.58 bits per heavy atom. The van der Waals surface area contributed by atoms with Crippen molar-refractivity contribution in [1.29, 1.82) is 0 Å². The van der Waals surface area contributed by atoms with Crippen molar-refractivity contribution in [3.05, 3.63) is 154 Å². The van der Waals surface area contributed by atoms with Gasteiger partial charge in [0.2, 0.25) is 0 Å². The second-order valence-corrected chi connectivity index (χ2v) is 15.2. The number of rotatable bonds is 10. The molecule has 2 heterocycles. The van der Waals surface area contributed by atoms with E-state index in [1.807, 2.05) is 93.7 Å². The van der Waals surface area contributed by atoms with Crippen LogP contribution in [-0.4, -0.2) is 58.9 Å². The topological polar surface area (TPSA) is 77.7 Å². The maximum atomic E-state index is 14.5. The Balaban J connectivity index is 0.000000705. The van der Waals surface area contributed by atoms with Crippen molar-refractivity contribution >= 4 is 57.8 Å². The van der Waals surface area contributed by atoms with Crippen LogP contribution in [0.4, 0.5) is 0 Å². The van der Waals surface area contributed by atoms with Gasteiger partial charge in [0.1, 0.15) is 11.3 Å². The fourth-order valence-corrected chi connectivity index (χ4v) is 7.13. The predicted octanol–water partition coefficient (Wildman–Crippen LogP) is 10.4. The highest BCUT2D eigenvalue weighted by molar-refractivity contribution is 6.31. The number of carbonyl (C=O) groups is 2. The summed E-state index contributed by atoms with van der Waals surface area (Å²) in [6.07, 6.45) is 1.84. The second kappa shape index (κ2) is 17.3. The Morgan fingerprint density at radius 3 is 2.17 bits per heavy atom. The van der Waals surface area contributed by atoms with Crippen LogP contribution in [0.1, 0.15) is 79.3 Å². The largest absolute Gasteiger partial charge is 0.462 e. The minimum Gasteiger partial charge on any atom is -0.462 e. The molecule has 0 bridgehead atoms. The molecule has 0 spiro atoms. The number of halogens is 2. The van der Waals surface area contributed by atoms with Gasteiger partial charge < -0.3 is 24.8 Å². The Bertz CT molecular complexity index is 2050. The number of fused-ring (bicyclic) bond motifs is 1. The first kappa shape index (κ1) is 39.4. The lowest BCUT2D eigenvalue weighted by Gasteiger charge is -2.33. The van der Waals surface area contributed by atoms with Gasteiger partial charge >= 0.3 is 0 Å². The molecule has 6 rings (SSSR count). The summed E-state index contributed by atoms with van der Waals surface area (Å²) in [4.78, 5) is 32.0. The van der Waals surface area contributed by atoms with E-state index in [1.165, 1.54) is 5.56 Å². The number of allylic oxidation sites excluding steroid dienone is 1. The Hall–Kier alpha value is -4.82. The summed E-state index contributed by atoms with van der Waals surface area (Å²) in [6, 6.07) is 34.1. The maximum absolute atomic E-state index is 14.5. The Labute approximate surface area is 323 Å². The van der Waals surface area contributed by atoms with Crippen LogP contribution in [0.3, 0.4) is 0 Å². The van der Waals surface area contributed by atoms with Crippen molar-refractivity contribution in [3.63, 3.8) is 0 Å². The molecule has 0 aliphatic carbocycles. The number of hydrogen-bond donors (Lipinski definition) is 2. The van der Waals surface area contributed by atoms with Gasteiger partial charge in [0.05, 0.1) is 11.7 Å². The van der Waals surface area contributed by atoms with E-state index < -0.39 is 0 Å². The van der Waals surface area contributed by atoms with E-state index in [1.54, 1.807) is 0 Å². The highest BCUT2D eigenvalue weighted by Crippen LogP contribution is 2.41. The van der Waals surface area contributed by atoms with E-state index in [4.69, 9.17) is 23.2 Å². The minimum absolute atomic E-state index is 0.0612. The van der Waals surface area contributed by atoms with Crippen molar-refractivity contribution in [2.24, 2.45) is 0 Å². The van der Waals surface area contributed by atoms with Crippen LogP contribution in [-0.2, 0) is 9.53 Å². The summed E-state index contributed by atoms with van der Waals surface area (Å²) >= 11 is 12.8. The standard InChI is InChI=1S/C39H38Cl2N4O.C5H10O2/c1-5-45(26(3)28-16-18-30(40)19-17-28)38(25(2)27-12-8-6-9-13-27)36-32-21-20-31(41)22-34(32)42-37(36)39(46)43-35-24-44(4)23-33(35)29-14-10-7-11-15-29;1-5(2,3)7-4-6/h5-22,26,33,35,42H,1,23-24H2,2-4H3,(H,43,46);4H,1-3H3/b38-25+;/t26?,33-,35?;/m0./s1. The molecule has 1 amide bonds. The van der Waals surface area contributed by atoms with Gasteiger partial charge in [-0.1, -0.05) is 109 Å². The Morgan fingerprint density at radius 1 is 0.962 bits per heavy atom. The SMILES string of the molecule is C=CN(/C(=C(\C)c1ccccc1)c1c(C(=O)NC2CN(C)C[C@H]2c2ccccc2)[nH]c2cc(Cl)ccc12)C(C)c1ccc(Cl)cc1.CC(C)(C)OC=O. The highest BCUT2D eigenvalue weighted by atomic mass is 35.5. The van der Waals surface area contributed by atoms with E-state index in [0.29, 0.717) is 22.2 Å². The third kappa shape index (κ3) is 9.60. The molecule has 5 aromatic rings. The molecular formula is C44H48Cl2N4O3. The van der Waals surface area contributed by atoms with Crippen LogP contribution in [0.15, 0.2) is 116 Å². The van der Waals surface area contributed by atoms with Crippen LogP contribution in [0.2, 0.25) is 10.0 Å². The van der Waals surface area contributed by atoms with E-state index in [2.05, 4.69) is 88.7 Å². The molecule has 53 heavy (non-hydrogen) atoms. The number of hydrogen-bond acceptors (Lipinski definition) is 5. The lowest BCUT2D eigenvalue weighted by atomic mass is 9.93. The molecule has 276 valence electrons. The number of ether oxygens (including phenoxy) is 1. The van der Waals surface area contributed by atoms with Crippen LogP contribution in [0.25, 0.3) is 22.2 Å². The van der Waals surface area contributed by atoms with Gasteiger partial charge in [-0.3, -0.25) is 9.59 Å². The quantitative estimate of drug-likeness (QED) is 0.139. The molecule has 2 unspecified atom stereocenters. The zero-order chi connectivity index (χ0) is 38.3. The summed E-state index contributed by atoms with van der Waals surface area (Å²) < 4.78 is 4.55. The first-order valence-corrected chi connectivity index (χ1v) is 18.5. The first-order chi connectivity index (χ1) is 25.3. The molecule has 0 radical (unpaired) electrons. The Kier molecular flexibility index (Phi) is 12.9. The number of benzene rings is 4. The fourth-order valence-electron chi connectivity index (χ4n) is 6.84. The molecular weight excluding hydrogens is 703 g/mol. The average molecular weight is 752 g/mol. The highest BCUT2D eigenvalue weighted by Gasteiger charge is 2.35. The van der Waals surface area contributed by atoms with Crippen molar-refractivity contribution in [2.45, 2.75) is 58.2 Å². The van der Waals surface area contributed by atoms with E-state index in [-0.39, 0.29) is 29.5 Å². The number of likely N-dealkylation sites (N-methyl/N-ethyl adjacent to an activating group) is 1. The predicted molar refractivity (Wildman–Crippen MR) is 219 cm³/mol. The lowest BCUT2D eigenvalue weighted by molar-refractivity contribution is -0.138. The minimum atomic E-state index is -0.318. The second-order valence-electron chi connectivity index (χ2n) is 14.4. The molecule has 1 fully saturated rings. The maximum Gasteiger partial charge on any atom is 0.293 e. The van der Waals surface area contributed by atoms with E-state index in [0.717, 1.165) is 52.0 Å². The number of nitrogens with one attached hydrogen (secondary N) is 2. The van der Waals surface area contributed by atoms with Gasteiger partial charge in [-0.15, -0.1) is 0 Å². The average Bonchev–Trinajstić information content (AvgIpc) is 3.70. The normalized spacial score (nSPS) is 16.9. The van der Waals surface area contributed by atoms with Gasteiger partial charge in [-0.25, -0.2) is 0 Å². The molecule has 7 nitrogen and oxygen atoms in total. The van der Waals surface area contributed by atoms with Gasteiger partial charge in [-0.05, 0) is 94.4 Å². The number of nitrogens with zero attached hydrogens (tertiary/aromatic N) is 2. The van der Waals surface area contributed by atoms with Gasteiger partial charge in [0, 0.05) is 51.6 Å². The summed E-state index contributed by atoms with van der Waals surface area (Å²) in [7, 11) is 2.10. The monoisotopic (exact) mass is 750 g/mol. The van der Waals surface area contributed by atoms with Crippen molar-refractivity contribution in [2.75, 3.05) is 20.1 Å². The summed E-state index contributed by atoms with van der Waals surface area (Å²) in [6.45, 7) is 16.0. The fraction of sp³-hybridized carbons (Fsp3) is 0.273. The number of amides is 1. The van der Waals surface area contributed by atoms with E-state index >= 15 is 0 Å². The number of carbonyl (C=O) groups excluding carboxylic acids is 2. The molecule has 1 aliphatic rings. The molecule has 1 aliphatic heterocycles. The summed E-state index contributed by atoms with van der Waals surface area (Å²) in [5.74, 6) is 0.0122. The van der Waals surface area contributed by atoms with Crippen LogP contribution >= 0.6 is 23.2 Å². The zero-order valence-electron chi connectivity index (χ0n) is 31.2. The molecule has 9 heteroatoms. The first-order valence-electron chi connectivity index (χ1n) is 17.7. The summed E-state index contributed by atoms with van der Waals surface area (Å²) in [5, 5.41) is 5.59. The van der Waals surface area contributed by atoms with E-state index in [9.17, 15) is 9.59 Å². The third-order valence-electron chi connectivity index (χ3n) is 9.46. The van der Waals surface area contributed by atoms with Crippen molar-refractivity contribution in [3.8, 4) is 0 Å². The van der Waals surface area contributed by atoms with Crippen LogP contribution < -0.4 is 5.32 Å². The molecule has 3 atom stereocenters. The molecule has 1 aromatic heterocycles. The number of aromatic nitrogens is 1. The van der Waals surface area contributed by atoms with Crippen molar-refractivity contribution in [1.82, 2.24) is 20.1 Å². The number of likely N-dealkylation sites (tertiary alicyclic amines) is 1. The van der Waals surface area contributed by atoms with Gasteiger partial charge in [0.15, 0.2) is 0 Å². The van der Waals surface area contributed by atoms with Gasteiger partial charge in [-0.2, -0.15) is 0 Å². The summed E-state index contributed by atoms with van der Waals surface area (Å²) in [5.41, 5.74) is 6.97. The lowest BCUT2D eigenvalue weighted by Crippen LogP contribution is -2.40. The van der Waals surface area contributed by atoms with Crippen LogP contribution in [0.5, 0.6) is 0 Å². The number of H-pyrrole nitrogens is 1. The molecule has 2 N–H and O–H groups in total. The van der Waals surface area contributed by atoms with Gasteiger partial charge in [0.25, 0.3) is 12.4 Å². The van der Waals surface area contributed by atoms with Crippen LogP contribution in [0, 0.1) is 0 Å². The van der Waals surface area contributed by atoms with Crippen molar-refractivity contribution < 1.29 is 14.3 Å². The smallest absolute Gasteiger partial charge is 0.293 e. The third-order valence-corrected chi connectivity index (χ3v) is 9.95. The molecule has 1 saturated heterocycles. The number of aromatic amines is 1. The molecule has 4 aromatic carbocycles. The molecule has 0 saturated carbocycles.